The molecule has 3 aromatic rings. The van der Waals surface area contributed by atoms with Crippen molar-refractivity contribution in [3.8, 4) is 5.75 Å². The third-order valence-electron chi connectivity index (χ3n) is 5.50. The van der Waals surface area contributed by atoms with Crippen molar-refractivity contribution >= 4 is 40.6 Å². The molecule has 7 heteroatoms. The molecule has 2 amide bonds. The molecule has 2 aliphatic heterocycles. The topological polar surface area (TPSA) is 53.9 Å². The predicted octanol–water partition coefficient (Wildman–Crippen LogP) is 5.96. The molecular weight excluding hydrogens is 433 g/mol. The Labute approximate surface area is 190 Å². The van der Waals surface area contributed by atoms with Crippen LogP contribution in [0.2, 0.25) is 10.0 Å². The van der Waals surface area contributed by atoms with Crippen LogP contribution in [0.5, 0.6) is 5.75 Å². The largest absolute Gasteiger partial charge is 0.493 e. The van der Waals surface area contributed by atoms with Crippen LogP contribution in [-0.2, 0) is 6.42 Å². The minimum atomic E-state index is -0.276. The molecule has 5 nitrogen and oxygen atoms in total. The summed E-state index contributed by atoms with van der Waals surface area (Å²) in [5.41, 5.74) is 4.62. The average Bonchev–Trinajstić information content (AvgIpc) is 3.42. The van der Waals surface area contributed by atoms with Gasteiger partial charge in [0.2, 0.25) is 0 Å². The summed E-state index contributed by atoms with van der Waals surface area (Å²) >= 11 is 12.1. The number of amides is 2. The van der Waals surface area contributed by atoms with E-state index in [1.54, 1.807) is 0 Å². The van der Waals surface area contributed by atoms with E-state index >= 15 is 0 Å². The molecule has 1 atom stereocenters. The number of nitrogens with one attached hydrogen (secondary N) is 1. The third kappa shape index (κ3) is 4.11. The molecule has 31 heavy (non-hydrogen) atoms. The summed E-state index contributed by atoms with van der Waals surface area (Å²) in [4.78, 5) is 13.0. The second-order valence-corrected chi connectivity index (χ2v) is 8.40. The van der Waals surface area contributed by atoms with Gasteiger partial charge in [-0.3, -0.25) is 0 Å². The number of hydrogen-bond donors (Lipinski definition) is 1. The monoisotopic (exact) mass is 451 g/mol. The first-order valence-corrected chi connectivity index (χ1v) is 10.8. The molecule has 2 aliphatic rings. The fraction of sp³-hybridized carbons (Fsp3) is 0.167. The molecule has 156 valence electrons. The van der Waals surface area contributed by atoms with Gasteiger partial charge in [0.05, 0.1) is 18.9 Å². The molecule has 0 saturated carbocycles. The van der Waals surface area contributed by atoms with Crippen LogP contribution in [0.4, 0.5) is 10.5 Å². The smallest absolute Gasteiger partial charge is 0.342 e. The van der Waals surface area contributed by atoms with Gasteiger partial charge in [0.1, 0.15) is 5.75 Å². The molecule has 0 radical (unpaired) electrons. The maximum Gasteiger partial charge on any atom is 0.342 e. The number of benzene rings is 3. The van der Waals surface area contributed by atoms with Crippen molar-refractivity contribution in [1.29, 1.82) is 0 Å². The van der Waals surface area contributed by atoms with E-state index in [2.05, 4.69) is 10.4 Å². The molecule has 1 N–H and O–H groups in total. The van der Waals surface area contributed by atoms with E-state index in [0.29, 0.717) is 23.2 Å². The highest BCUT2D eigenvalue weighted by atomic mass is 35.5. The summed E-state index contributed by atoms with van der Waals surface area (Å²) in [6, 6.07) is 20.6. The minimum absolute atomic E-state index is 0.0717. The molecule has 2 heterocycles. The van der Waals surface area contributed by atoms with Crippen LogP contribution in [0.15, 0.2) is 71.8 Å². The average molecular weight is 452 g/mol. The number of rotatable bonds is 3. The van der Waals surface area contributed by atoms with Crippen LogP contribution in [0.1, 0.15) is 22.6 Å². The standard InChI is InChI=1S/C24H19Cl2N3O2/c25-18-5-1-15(2-6-18)21-14-29(28-23(21)16-3-7-19(26)8-4-16)24(30)27-20-9-10-22-17(13-20)11-12-31-22/h1-10,13,21H,11-12,14H2,(H,27,30)/t21-/m0/s1. The Bertz CT molecular complexity index is 1160. The summed E-state index contributed by atoms with van der Waals surface area (Å²) in [6.45, 7) is 1.11. The Balaban J connectivity index is 1.42. The summed E-state index contributed by atoms with van der Waals surface area (Å²) in [6.07, 6.45) is 0.847. The number of ether oxygens (including phenoxy) is 1. The van der Waals surface area contributed by atoms with Crippen LogP contribution in [0.3, 0.4) is 0 Å². The molecule has 0 unspecified atom stereocenters. The second kappa shape index (κ2) is 8.25. The molecule has 0 spiro atoms. The number of fused-ring (bicyclic) bond motifs is 1. The number of carbonyl (C=O) groups is 1. The maximum absolute atomic E-state index is 13.0. The zero-order chi connectivity index (χ0) is 21.4. The lowest BCUT2D eigenvalue weighted by Gasteiger charge is -2.16. The van der Waals surface area contributed by atoms with Crippen molar-refractivity contribution in [1.82, 2.24) is 5.01 Å². The fourth-order valence-corrected chi connectivity index (χ4v) is 4.17. The van der Waals surface area contributed by atoms with Crippen molar-refractivity contribution in [3.05, 3.63) is 93.5 Å². The Hall–Kier alpha value is -3.02. The van der Waals surface area contributed by atoms with E-state index in [4.69, 9.17) is 27.9 Å². The van der Waals surface area contributed by atoms with Gasteiger partial charge in [-0.1, -0.05) is 47.5 Å². The quantitative estimate of drug-likeness (QED) is 0.533. The van der Waals surface area contributed by atoms with Crippen LogP contribution >= 0.6 is 23.2 Å². The first kappa shape index (κ1) is 19.9. The molecule has 0 aromatic heterocycles. The molecule has 0 fully saturated rings. The van der Waals surface area contributed by atoms with Crippen LogP contribution < -0.4 is 10.1 Å². The molecule has 0 bridgehead atoms. The van der Waals surface area contributed by atoms with Gasteiger partial charge < -0.3 is 10.1 Å². The molecular formula is C24H19Cl2N3O2. The summed E-state index contributed by atoms with van der Waals surface area (Å²) in [7, 11) is 0. The van der Waals surface area contributed by atoms with Crippen molar-refractivity contribution in [3.63, 3.8) is 0 Å². The first-order chi connectivity index (χ1) is 15.1. The van der Waals surface area contributed by atoms with E-state index < -0.39 is 0 Å². The number of hydrazone groups is 1. The second-order valence-electron chi connectivity index (χ2n) is 7.53. The van der Waals surface area contributed by atoms with Crippen LogP contribution in [-0.4, -0.2) is 29.9 Å². The van der Waals surface area contributed by atoms with Crippen LogP contribution in [0.25, 0.3) is 0 Å². The molecule has 0 saturated heterocycles. The van der Waals surface area contributed by atoms with E-state index in [9.17, 15) is 4.79 Å². The highest BCUT2D eigenvalue weighted by Crippen LogP contribution is 2.31. The zero-order valence-corrected chi connectivity index (χ0v) is 18.0. The first-order valence-electron chi connectivity index (χ1n) is 10.0. The van der Waals surface area contributed by atoms with Gasteiger partial charge in [-0.15, -0.1) is 0 Å². The Morgan fingerprint density at radius 3 is 2.45 bits per heavy atom. The van der Waals surface area contributed by atoms with Crippen molar-refractivity contribution in [2.24, 2.45) is 5.10 Å². The van der Waals surface area contributed by atoms with E-state index in [0.717, 1.165) is 40.3 Å². The number of hydrogen-bond acceptors (Lipinski definition) is 3. The van der Waals surface area contributed by atoms with E-state index in [1.807, 2.05) is 66.7 Å². The highest BCUT2D eigenvalue weighted by molar-refractivity contribution is 6.31. The maximum atomic E-state index is 13.0. The van der Waals surface area contributed by atoms with Crippen molar-refractivity contribution < 1.29 is 9.53 Å². The number of nitrogens with zero attached hydrogens (tertiary/aromatic N) is 2. The lowest BCUT2D eigenvalue weighted by atomic mass is 9.91. The lowest BCUT2D eigenvalue weighted by molar-refractivity contribution is 0.218. The summed E-state index contributed by atoms with van der Waals surface area (Å²) in [5.74, 6) is 0.808. The highest BCUT2D eigenvalue weighted by Gasteiger charge is 2.32. The predicted molar refractivity (Wildman–Crippen MR) is 124 cm³/mol. The normalized spacial score (nSPS) is 17.2. The number of urea groups is 1. The molecule has 3 aromatic carbocycles. The number of carbonyl (C=O) groups excluding carboxylic acids is 1. The fourth-order valence-electron chi connectivity index (χ4n) is 3.92. The zero-order valence-electron chi connectivity index (χ0n) is 16.5. The molecule has 5 rings (SSSR count). The van der Waals surface area contributed by atoms with Gasteiger partial charge in [-0.05, 0) is 59.2 Å². The lowest BCUT2D eigenvalue weighted by Crippen LogP contribution is -2.30. The van der Waals surface area contributed by atoms with Crippen LogP contribution in [0, 0.1) is 0 Å². The van der Waals surface area contributed by atoms with Gasteiger partial charge in [0.25, 0.3) is 0 Å². The summed E-state index contributed by atoms with van der Waals surface area (Å²) in [5, 5.41) is 10.4. The Morgan fingerprint density at radius 1 is 1.00 bits per heavy atom. The SMILES string of the molecule is O=C(Nc1ccc2c(c1)CCO2)N1C[C@@H](c2ccc(Cl)cc2)C(c2ccc(Cl)cc2)=N1. The van der Waals surface area contributed by atoms with Crippen molar-refractivity contribution in [2.75, 3.05) is 18.5 Å². The number of halogens is 2. The van der Waals surface area contributed by atoms with Gasteiger partial charge in [0, 0.05) is 28.1 Å². The summed E-state index contributed by atoms with van der Waals surface area (Å²) < 4.78 is 5.54. The van der Waals surface area contributed by atoms with E-state index in [-0.39, 0.29) is 11.9 Å². The Kier molecular flexibility index (Phi) is 5.30. The van der Waals surface area contributed by atoms with Crippen molar-refractivity contribution in [2.45, 2.75) is 12.3 Å². The van der Waals surface area contributed by atoms with Gasteiger partial charge >= 0.3 is 6.03 Å². The third-order valence-corrected chi connectivity index (χ3v) is 6.01. The Morgan fingerprint density at radius 2 is 1.71 bits per heavy atom. The number of anilines is 1. The minimum Gasteiger partial charge on any atom is -0.493 e. The van der Waals surface area contributed by atoms with Gasteiger partial charge in [-0.25, -0.2) is 9.80 Å². The van der Waals surface area contributed by atoms with Gasteiger partial charge in [-0.2, -0.15) is 5.10 Å². The molecule has 0 aliphatic carbocycles. The van der Waals surface area contributed by atoms with E-state index in [1.165, 1.54) is 5.01 Å². The van der Waals surface area contributed by atoms with Gasteiger partial charge in [0.15, 0.2) is 0 Å².